The highest BCUT2D eigenvalue weighted by Gasteiger charge is 2.04. The zero-order valence-corrected chi connectivity index (χ0v) is 10.3. The highest BCUT2D eigenvalue weighted by atomic mass is 15.0. The van der Waals surface area contributed by atoms with Crippen LogP contribution >= 0.6 is 0 Å². The van der Waals surface area contributed by atoms with Gasteiger partial charge in [0.05, 0.1) is 12.2 Å². The van der Waals surface area contributed by atoms with Gasteiger partial charge in [0.2, 0.25) is 0 Å². The molecule has 3 aromatic heterocycles. The van der Waals surface area contributed by atoms with E-state index in [9.17, 15) is 0 Å². The summed E-state index contributed by atoms with van der Waals surface area (Å²) in [6.45, 7) is 2.76. The third-order valence-electron chi connectivity index (χ3n) is 3.06. The minimum absolute atomic E-state index is 0.0762. The lowest BCUT2D eigenvalue weighted by Crippen LogP contribution is -2.04. The van der Waals surface area contributed by atoms with Crippen molar-refractivity contribution in [1.82, 2.24) is 14.0 Å². The fourth-order valence-corrected chi connectivity index (χ4v) is 2.08. The van der Waals surface area contributed by atoms with Crippen molar-refractivity contribution in [2.45, 2.75) is 19.5 Å². The molecule has 4 nitrogen and oxygen atoms in total. The van der Waals surface area contributed by atoms with Gasteiger partial charge >= 0.3 is 0 Å². The van der Waals surface area contributed by atoms with E-state index >= 15 is 0 Å². The summed E-state index contributed by atoms with van der Waals surface area (Å²) in [5, 5.41) is 0. The Hall–Kier alpha value is -2.07. The van der Waals surface area contributed by atoms with E-state index in [1.165, 1.54) is 0 Å². The molecule has 4 heteroatoms. The van der Waals surface area contributed by atoms with Crippen molar-refractivity contribution in [3.63, 3.8) is 0 Å². The van der Waals surface area contributed by atoms with Crippen molar-refractivity contribution < 1.29 is 0 Å². The van der Waals surface area contributed by atoms with Crippen molar-refractivity contribution in [3.05, 3.63) is 60.3 Å². The van der Waals surface area contributed by atoms with E-state index in [-0.39, 0.29) is 6.04 Å². The van der Waals surface area contributed by atoms with Crippen LogP contribution in [0.1, 0.15) is 24.2 Å². The molecule has 0 saturated carbocycles. The highest BCUT2D eigenvalue weighted by molar-refractivity contribution is 5.39. The molecule has 2 N–H and O–H groups in total. The highest BCUT2D eigenvalue weighted by Crippen LogP contribution is 2.12. The molecule has 0 amide bonds. The summed E-state index contributed by atoms with van der Waals surface area (Å²) < 4.78 is 4.14. The number of rotatable bonds is 3. The van der Waals surface area contributed by atoms with Gasteiger partial charge in [0.15, 0.2) is 0 Å². The summed E-state index contributed by atoms with van der Waals surface area (Å²) >= 11 is 0. The Balaban J connectivity index is 1.86. The normalized spacial score (nSPS) is 13.0. The van der Waals surface area contributed by atoms with Crippen LogP contribution in [0.5, 0.6) is 0 Å². The molecule has 0 aromatic carbocycles. The molecular weight excluding hydrogens is 224 g/mol. The molecule has 0 spiro atoms. The fourth-order valence-electron chi connectivity index (χ4n) is 2.08. The number of nitrogens with two attached hydrogens (primary N) is 1. The maximum atomic E-state index is 5.85. The second-order valence-corrected chi connectivity index (χ2v) is 4.60. The lowest BCUT2D eigenvalue weighted by Gasteiger charge is -2.01. The Bertz CT molecular complexity index is 630. The summed E-state index contributed by atoms with van der Waals surface area (Å²) in [4.78, 5) is 4.57. The predicted molar refractivity (Wildman–Crippen MR) is 71.3 cm³/mol. The molecule has 0 bridgehead atoms. The van der Waals surface area contributed by atoms with Crippen LogP contribution in [0.25, 0.3) is 5.65 Å². The van der Waals surface area contributed by atoms with Crippen molar-refractivity contribution in [1.29, 1.82) is 0 Å². The van der Waals surface area contributed by atoms with E-state index in [4.69, 9.17) is 5.73 Å². The smallest absolute Gasteiger partial charge is 0.137 e. The molecule has 18 heavy (non-hydrogen) atoms. The SMILES string of the molecule is CC(N)c1ccn(Cc2cn3ccccc3n2)c1. The summed E-state index contributed by atoms with van der Waals surface area (Å²) in [5.41, 5.74) is 9.03. The minimum Gasteiger partial charge on any atom is -0.348 e. The van der Waals surface area contributed by atoms with Crippen molar-refractivity contribution in [3.8, 4) is 0 Å². The zero-order chi connectivity index (χ0) is 12.5. The van der Waals surface area contributed by atoms with Gasteiger partial charge in [0.25, 0.3) is 0 Å². The van der Waals surface area contributed by atoms with E-state index in [1.54, 1.807) is 0 Å². The van der Waals surface area contributed by atoms with Crippen LogP contribution in [0.15, 0.2) is 49.1 Å². The van der Waals surface area contributed by atoms with E-state index in [1.807, 2.05) is 41.9 Å². The molecule has 1 unspecified atom stereocenters. The Morgan fingerprint density at radius 3 is 2.83 bits per heavy atom. The van der Waals surface area contributed by atoms with Gasteiger partial charge in [-0.15, -0.1) is 0 Å². The van der Waals surface area contributed by atoms with Gasteiger partial charge in [0, 0.05) is 30.8 Å². The first-order valence-corrected chi connectivity index (χ1v) is 6.06. The van der Waals surface area contributed by atoms with E-state index in [0.29, 0.717) is 0 Å². The third kappa shape index (κ3) is 2.02. The van der Waals surface area contributed by atoms with Crippen LogP contribution in [0.3, 0.4) is 0 Å². The molecule has 3 aromatic rings. The van der Waals surface area contributed by atoms with Crippen LogP contribution < -0.4 is 5.73 Å². The monoisotopic (exact) mass is 240 g/mol. The molecule has 0 aliphatic carbocycles. The quantitative estimate of drug-likeness (QED) is 0.763. The zero-order valence-electron chi connectivity index (χ0n) is 10.3. The van der Waals surface area contributed by atoms with Gasteiger partial charge < -0.3 is 14.7 Å². The summed E-state index contributed by atoms with van der Waals surface area (Å²) in [6, 6.07) is 8.14. The minimum atomic E-state index is 0.0762. The van der Waals surface area contributed by atoms with Gasteiger partial charge in [-0.25, -0.2) is 4.98 Å². The number of fused-ring (bicyclic) bond motifs is 1. The van der Waals surface area contributed by atoms with Crippen molar-refractivity contribution in [2.75, 3.05) is 0 Å². The molecule has 0 saturated heterocycles. The van der Waals surface area contributed by atoms with Crippen molar-refractivity contribution in [2.24, 2.45) is 5.73 Å². The number of hydrogen-bond donors (Lipinski definition) is 1. The van der Waals surface area contributed by atoms with E-state index in [0.717, 1.165) is 23.4 Å². The fraction of sp³-hybridized carbons (Fsp3) is 0.214. The van der Waals surface area contributed by atoms with Gasteiger partial charge in [-0.3, -0.25) is 0 Å². The number of nitrogens with zero attached hydrogens (tertiary/aromatic N) is 3. The standard InChI is InChI=1S/C14H16N4/c1-11(15)12-5-7-17(8-12)9-13-10-18-6-3-2-4-14(18)16-13/h2-8,10-11H,9,15H2,1H3. The van der Waals surface area contributed by atoms with Crippen LogP contribution in [0, 0.1) is 0 Å². The maximum Gasteiger partial charge on any atom is 0.137 e. The molecule has 3 heterocycles. The summed E-state index contributed by atoms with van der Waals surface area (Å²) in [6.07, 6.45) is 8.19. The lowest BCUT2D eigenvalue weighted by molar-refractivity contribution is 0.766. The largest absolute Gasteiger partial charge is 0.348 e. The Kier molecular flexibility index (Phi) is 2.64. The van der Waals surface area contributed by atoms with Crippen LogP contribution in [-0.4, -0.2) is 14.0 Å². The molecule has 0 fully saturated rings. The molecule has 0 radical (unpaired) electrons. The molecule has 0 aliphatic rings. The van der Waals surface area contributed by atoms with Gasteiger partial charge in [-0.2, -0.15) is 0 Å². The van der Waals surface area contributed by atoms with Crippen LogP contribution in [0.4, 0.5) is 0 Å². The Morgan fingerprint density at radius 1 is 1.22 bits per heavy atom. The predicted octanol–water partition coefficient (Wildman–Crippen LogP) is 2.20. The lowest BCUT2D eigenvalue weighted by atomic mass is 10.2. The van der Waals surface area contributed by atoms with Crippen LogP contribution in [0.2, 0.25) is 0 Å². The Labute approximate surface area is 106 Å². The first kappa shape index (κ1) is 11.0. The van der Waals surface area contributed by atoms with E-state index < -0.39 is 0 Å². The number of aromatic nitrogens is 3. The molecule has 92 valence electrons. The molecule has 3 rings (SSSR count). The van der Waals surface area contributed by atoms with E-state index in [2.05, 4.69) is 28.0 Å². The first-order chi connectivity index (χ1) is 8.72. The van der Waals surface area contributed by atoms with Gasteiger partial charge in [0.1, 0.15) is 5.65 Å². The Morgan fingerprint density at radius 2 is 2.11 bits per heavy atom. The number of hydrogen-bond acceptors (Lipinski definition) is 2. The summed E-state index contributed by atoms with van der Waals surface area (Å²) in [5.74, 6) is 0. The molecule has 1 atom stereocenters. The first-order valence-electron chi connectivity index (χ1n) is 6.06. The van der Waals surface area contributed by atoms with Gasteiger partial charge in [-0.05, 0) is 30.7 Å². The van der Waals surface area contributed by atoms with Crippen molar-refractivity contribution >= 4 is 5.65 Å². The second kappa shape index (κ2) is 4.31. The topological polar surface area (TPSA) is 48.2 Å². The average Bonchev–Trinajstić information content (AvgIpc) is 2.94. The molecule has 0 aliphatic heterocycles. The third-order valence-corrected chi connectivity index (χ3v) is 3.06. The second-order valence-electron chi connectivity index (χ2n) is 4.60. The molecular formula is C14H16N4. The number of imidazole rings is 1. The average molecular weight is 240 g/mol. The maximum absolute atomic E-state index is 5.85. The number of pyridine rings is 1. The van der Waals surface area contributed by atoms with Crippen LogP contribution in [-0.2, 0) is 6.54 Å². The van der Waals surface area contributed by atoms with Gasteiger partial charge in [-0.1, -0.05) is 6.07 Å². The summed E-state index contributed by atoms with van der Waals surface area (Å²) in [7, 11) is 0.